The van der Waals surface area contributed by atoms with Gasteiger partial charge in [-0.25, -0.2) is 0 Å². The summed E-state index contributed by atoms with van der Waals surface area (Å²) in [5, 5.41) is 0. The van der Waals surface area contributed by atoms with Crippen LogP contribution in [-0.2, 0) is 0 Å². The zero-order valence-corrected chi connectivity index (χ0v) is 9.72. The highest BCUT2D eigenvalue weighted by Gasteiger charge is 1.96. The van der Waals surface area contributed by atoms with Gasteiger partial charge in [0.05, 0.1) is 0 Å². The number of rotatable bonds is 3. The smallest absolute Gasteiger partial charge is 0.0314 e. The lowest BCUT2D eigenvalue weighted by atomic mass is 10.3. The summed E-state index contributed by atoms with van der Waals surface area (Å²) in [6.45, 7) is 0. The molecule has 2 N–H and O–H groups in total. The highest BCUT2D eigenvalue weighted by Crippen LogP contribution is 2.37. The van der Waals surface area contributed by atoms with E-state index in [2.05, 4.69) is 12.1 Å². The Morgan fingerprint density at radius 1 is 0.667 bits per heavy atom. The van der Waals surface area contributed by atoms with Crippen LogP contribution in [0.4, 0.5) is 5.69 Å². The highest BCUT2D eigenvalue weighted by atomic mass is 33.1. The first-order chi connectivity index (χ1) is 7.34. The molecule has 0 bridgehead atoms. The summed E-state index contributed by atoms with van der Waals surface area (Å²) in [6, 6.07) is 18.3. The van der Waals surface area contributed by atoms with Crippen LogP contribution in [0.2, 0.25) is 0 Å². The first-order valence-electron chi connectivity index (χ1n) is 4.60. The van der Waals surface area contributed by atoms with Gasteiger partial charge >= 0.3 is 0 Å². The largest absolute Gasteiger partial charge is 0.399 e. The number of hydrogen-bond acceptors (Lipinski definition) is 3. The first kappa shape index (κ1) is 10.5. The van der Waals surface area contributed by atoms with Crippen LogP contribution in [0.5, 0.6) is 0 Å². The summed E-state index contributed by atoms with van der Waals surface area (Å²) in [7, 11) is 3.50. The van der Waals surface area contributed by atoms with Crippen molar-refractivity contribution in [3.63, 3.8) is 0 Å². The van der Waals surface area contributed by atoms with Crippen LogP contribution in [0.3, 0.4) is 0 Å². The Balaban J connectivity index is 1.96. The predicted molar refractivity (Wildman–Crippen MR) is 69.0 cm³/mol. The quantitative estimate of drug-likeness (QED) is 0.639. The monoisotopic (exact) mass is 233 g/mol. The Morgan fingerprint density at radius 2 is 1.20 bits per heavy atom. The normalized spacial score (nSPS) is 10.1. The molecule has 3 heteroatoms. The Morgan fingerprint density at radius 3 is 1.80 bits per heavy atom. The number of hydrogen-bond donors (Lipinski definition) is 1. The summed E-state index contributed by atoms with van der Waals surface area (Å²) in [5.41, 5.74) is 6.43. The molecule has 0 saturated heterocycles. The predicted octanol–water partition coefficient (Wildman–Crippen LogP) is 4.07. The Bertz CT molecular complexity index is 411. The number of anilines is 1. The number of nitrogens with two attached hydrogens (primary N) is 1. The third-order valence-corrected chi connectivity index (χ3v) is 4.27. The van der Waals surface area contributed by atoms with Crippen LogP contribution in [0.15, 0.2) is 64.4 Å². The first-order valence-corrected chi connectivity index (χ1v) is 6.75. The number of benzene rings is 2. The summed E-state index contributed by atoms with van der Waals surface area (Å²) in [5.74, 6) is 0. The van der Waals surface area contributed by atoms with E-state index in [1.54, 1.807) is 21.6 Å². The van der Waals surface area contributed by atoms with E-state index in [0.29, 0.717) is 0 Å². The minimum atomic E-state index is 0.809. The van der Waals surface area contributed by atoms with Crippen molar-refractivity contribution >= 4 is 27.3 Å². The fourth-order valence-corrected chi connectivity index (χ4v) is 3.05. The second-order valence-corrected chi connectivity index (χ2v) is 5.32. The molecular formula is C12H11NS2. The van der Waals surface area contributed by atoms with Gasteiger partial charge in [-0.2, -0.15) is 0 Å². The molecule has 15 heavy (non-hydrogen) atoms. The summed E-state index contributed by atoms with van der Waals surface area (Å²) in [4.78, 5) is 2.48. The zero-order chi connectivity index (χ0) is 10.5. The van der Waals surface area contributed by atoms with Crippen molar-refractivity contribution in [3.05, 3.63) is 54.6 Å². The maximum absolute atomic E-state index is 5.62. The van der Waals surface area contributed by atoms with Crippen LogP contribution in [0.1, 0.15) is 0 Å². The van der Waals surface area contributed by atoms with E-state index in [-0.39, 0.29) is 0 Å². The summed E-state index contributed by atoms with van der Waals surface area (Å²) >= 11 is 0. The van der Waals surface area contributed by atoms with E-state index < -0.39 is 0 Å². The van der Waals surface area contributed by atoms with Crippen LogP contribution < -0.4 is 5.73 Å². The van der Waals surface area contributed by atoms with Gasteiger partial charge < -0.3 is 5.73 Å². The molecule has 0 heterocycles. The van der Waals surface area contributed by atoms with Crippen molar-refractivity contribution in [1.29, 1.82) is 0 Å². The average Bonchev–Trinajstić information content (AvgIpc) is 2.30. The molecule has 0 aliphatic heterocycles. The molecule has 0 aliphatic rings. The van der Waals surface area contributed by atoms with Crippen molar-refractivity contribution in [2.75, 3.05) is 5.73 Å². The lowest BCUT2D eigenvalue weighted by Gasteiger charge is -2.01. The molecule has 2 aromatic carbocycles. The Kier molecular flexibility index (Phi) is 3.59. The molecule has 0 amide bonds. The maximum atomic E-state index is 5.62. The van der Waals surface area contributed by atoms with E-state index in [4.69, 9.17) is 5.73 Å². The van der Waals surface area contributed by atoms with Crippen molar-refractivity contribution in [2.24, 2.45) is 0 Å². The van der Waals surface area contributed by atoms with Crippen molar-refractivity contribution < 1.29 is 0 Å². The van der Waals surface area contributed by atoms with Gasteiger partial charge in [-0.15, -0.1) is 0 Å². The topological polar surface area (TPSA) is 26.0 Å². The van der Waals surface area contributed by atoms with E-state index >= 15 is 0 Å². The molecule has 2 rings (SSSR count). The molecule has 2 aromatic rings. The lowest BCUT2D eigenvalue weighted by molar-refractivity contribution is 1.47. The second kappa shape index (κ2) is 5.14. The minimum absolute atomic E-state index is 0.809. The maximum Gasteiger partial charge on any atom is 0.0314 e. The van der Waals surface area contributed by atoms with E-state index in [9.17, 15) is 0 Å². The molecule has 1 nitrogen and oxygen atoms in total. The van der Waals surface area contributed by atoms with Gasteiger partial charge in [0.25, 0.3) is 0 Å². The van der Waals surface area contributed by atoms with Gasteiger partial charge in [0.2, 0.25) is 0 Å². The minimum Gasteiger partial charge on any atom is -0.399 e. The molecule has 0 saturated carbocycles. The lowest BCUT2D eigenvalue weighted by Crippen LogP contribution is -1.81. The van der Waals surface area contributed by atoms with Crippen LogP contribution in [0.25, 0.3) is 0 Å². The molecule has 0 fully saturated rings. The second-order valence-electron chi connectivity index (χ2n) is 3.05. The molecule has 0 spiro atoms. The highest BCUT2D eigenvalue weighted by molar-refractivity contribution is 8.76. The SMILES string of the molecule is Nc1ccc(SSc2ccccc2)cc1. The molecule has 76 valence electrons. The molecular weight excluding hydrogens is 222 g/mol. The summed E-state index contributed by atoms with van der Waals surface area (Å²) in [6.07, 6.45) is 0. The van der Waals surface area contributed by atoms with Gasteiger partial charge in [0, 0.05) is 15.5 Å². The van der Waals surface area contributed by atoms with Crippen LogP contribution >= 0.6 is 21.6 Å². The van der Waals surface area contributed by atoms with Crippen molar-refractivity contribution in [3.8, 4) is 0 Å². The van der Waals surface area contributed by atoms with Crippen LogP contribution in [-0.4, -0.2) is 0 Å². The molecule has 0 aromatic heterocycles. The summed E-state index contributed by atoms with van der Waals surface area (Å²) < 4.78 is 0. The zero-order valence-electron chi connectivity index (χ0n) is 8.09. The number of nitrogen functional groups attached to an aromatic ring is 1. The molecule has 0 aliphatic carbocycles. The third-order valence-electron chi connectivity index (χ3n) is 1.86. The fourth-order valence-electron chi connectivity index (χ4n) is 1.10. The molecule has 0 unspecified atom stereocenters. The fraction of sp³-hybridized carbons (Fsp3) is 0. The van der Waals surface area contributed by atoms with E-state index in [1.165, 1.54) is 9.79 Å². The average molecular weight is 233 g/mol. The van der Waals surface area contributed by atoms with Gasteiger partial charge in [-0.3, -0.25) is 0 Å². The van der Waals surface area contributed by atoms with Gasteiger partial charge in [0.1, 0.15) is 0 Å². The third kappa shape index (κ3) is 3.22. The van der Waals surface area contributed by atoms with Crippen LogP contribution in [0, 0.1) is 0 Å². The van der Waals surface area contributed by atoms with E-state index in [0.717, 1.165) is 5.69 Å². The molecule has 0 atom stereocenters. The Labute approximate surface area is 97.5 Å². The van der Waals surface area contributed by atoms with Crippen molar-refractivity contribution in [2.45, 2.75) is 9.79 Å². The van der Waals surface area contributed by atoms with Crippen molar-refractivity contribution in [1.82, 2.24) is 0 Å². The molecule has 0 radical (unpaired) electrons. The standard InChI is InChI=1S/C12H11NS2/c13-10-6-8-12(9-7-10)15-14-11-4-2-1-3-5-11/h1-9H,13H2. The van der Waals surface area contributed by atoms with Gasteiger partial charge in [-0.05, 0) is 36.4 Å². The van der Waals surface area contributed by atoms with Gasteiger partial charge in [-0.1, -0.05) is 39.8 Å². The van der Waals surface area contributed by atoms with Gasteiger partial charge in [0.15, 0.2) is 0 Å². The van der Waals surface area contributed by atoms with E-state index in [1.807, 2.05) is 42.5 Å². The Hall–Kier alpha value is -1.06.